The van der Waals surface area contributed by atoms with Crippen LogP contribution >= 0.6 is 0 Å². The van der Waals surface area contributed by atoms with Crippen LogP contribution in [0, 0.1) is 11.6 Å². The van der Waals surface area contributed by atoms with E-state index in [9.17, 15) is 13.6 Å². The average molecular weight is 323 g/mol. The lowest BCUT2D eigenvalue weighted by Gasteiger charge is -2.36. The third-order valence-electron chi connectivity index (χ3n) is 4.92. The Morgan fingerprint density at radius 2 is 2.00 bits per heavy atom. The minimum absolute atomic E-state index is 0.0697. The third-order valence-corrected chi connectivity index (χ3v) is 4.92. The van der Waals surface area contributed by atoms with E-state index in [0.717, 1.165) is 32.2 Å². The molecule has 0 spiro atoms. The van der Waals surface area contributed by atoms with Gasteiger partial charge in [0.25, 0.3) is 0 Å². The summed E-state index contributed by atoms with van der Waals surface area (Å²) >= 11 is 0. The van der Waals surface area contributed by atoms with E-state index in [1.165, 1.54) is 6.07 Å². The van der Waals surface area contributed by atoms with Gasteiger partial charge in [-0.25, -0.2) is 8.78 Å². The first-order chi connectivity index (χ1) is 11.1. The van der Waals surface area contributed by atoms with Crippen molar-refractivity contribution in [3.63, 3.8) is 0 Å². The van der Waals surface area contributed by atoms with Crippen LogP contribution in [0.25, 0.3) is 0 Å². The molecule has 6 heteroatoms. The van der Waals surface area contributed by atoms with Crippen LogP contribution < -0.4 is 5.32 Å². The predicted molar refractivity (Wildman–Crippen MR) is 84.1 cm³/mol. The van der Waals surface area contributed by atoms with Gasteiger partial charge in [0.05, 0.1) is 0 Å². The molecule has 0 bridgehead atoms. The van der Waals surface area contributed by atoms with Gasteiger partial charge in [-0.2, -0.15) is 0 Å². The summed E-state index contributed by atoms with van der Waals surface area (Å²) in [5.41, 5.74) is 1.33. The van der Waals surface area contributed by atoms with Gasteiger partial charge in [0, 0.05) is 57.8 Å². The normalized spacial score (nSPS) is 22.0. The maximum absolute atomic E-state index is 13.9. The number of rotatable bonds is 3. The number of fused-ring (bicyclic) bond motifs is 1. The molecule has 2 heterocycles. The molecule has 0 saturated carbocycles. The molecule has 2 aliphatic rings. The second-order valence-electron chi connectivity index (χ2n) is 6.30. The second kappa shape index (κ2) is 6.93. The second-order valence-corrected chi connectivity index (χ2v) is 6.30. The van der Waals surface area contributed by atoms with E-state index in [-0.39, 0.29) is 11.9 Å². The van der Waals surface area contributed by atoms with E-state index < -0.39 is 11.6 Å². The van der Waals surface area contributed by atoms with Crippen LogP contribution in [-0.4, -0.2) is 55.0 Å². The number of piperazine rings is 1. The van der Waals surface area contributed by atoms with Gasteiger partial charge in [0.15, 0.2) is 0 Å². The van der Waals surface area contributed by atoms with Gasteiger partial charge in [-0.05, 0) is 30.5 Å². The van der Waals surface area contributed by atoms with E-state index in [1.54, 1.807) is 0 Å². The quantitative estimate of drug-likeness (QED) is 0.920. The fraction of sp³-hybridized carbons (Fsp3) is 0.588. The molecule has 1 aromatic rings. The van der Waals surface area contributed by atoms with Crippen molar-refractivity contribution in [2.24, 2.45) is 0 Å². The monoisotopic (exact) mass is 323 g/mol. The molecule has 1 unspecified atom stereocenters. The zero-order chi connectivity index (χ0) is 16.4. The minimum Gasteiger partial charge on any atom is -0.340 e. The van der Waals surface area contributed by atoms with Gasteiger partial charge >= 0.3 is 0 Å². The lowest BCUT2D eigenvalue weighted by molar-refractivity contribution is -0.132. The number of nitrogens with zero attached hydrogens (tertiary/aromatic N) is 2. The highest BCUT2D eigenvalue weighted by Crippen LogP contribution is 2.31. The summed E-state index contributed by atoms with van der Waals surface area (Å²) in [6, 6.07) is 2.31. The fourth-order valence-corrected chi connectivity index (χ4v) is 3.52. The van der Waals surface area contributed by atoms with Crippen molar-refractivity contribution >= 4 is 5.91 Å². The smallest absolute Gasteiger partial charge is 0.223 e. The van der Waals surface area contributed by atoms with Crippen LogP contribution in [-0.2, 0) is 11.2 Å². The molecule has 0 radical (unpaired) electrons. The Kier molecular flexibility index (Phi) is 4.92. The molecule has 0 aliphatic carbocycles. The standard InChI is InChI=1S/C17H23F2N3O/c1-12-15-10-13(18)11-16(19)14(15)2-6-21(12)7-3-17(23)22-8-4-20-5-9-22/h10-12,20H,2-9H2,1H3. The zero-order valence-electron chi connectivity index (χ0n) is 13.4. The molecule has 1 N–H and O–H groups in total. The third kappa shape index (κ3) is 3.53. The van der Waals surface area contributed by atoms with Gasteiger partial charge in [-0.15, -0.1) is 0 Å². The summed E-state index contributed by atoms with van der Waals surface area (Å²) in [4.78, 5) is 16.3. The highest BCUT2D eigenvalue weighted by molar-refractivity contribution is 5.76. The summed E-state index contributed by atoms with van der Waals surface area (Å²) in [6.45, 7) is 6.48. The van der Waals surface area contributed by atoms with Gasteiger partial charge in [0.1, 0.15) is 11.6 Å². The first-order valence-corrected chi connectivity index (χ1v) is 8.26. The topological polar surface area (TPSA) is 35.6 Å². The molecule has 126 valence electrons. The van der Waals surface area contributed by atoms with Crippen LogP contribution in [0.4, 0.5) is 8.78 Å². The number of carbonyl (C=O) groups excluding carboxylic acids is 1. The molecular formula is C17H23F2N3O. The number of hydrogen-bond acceptors (Lipinski definition) is 3. The predicted octanol–water partition coefficient (Wildman–Crippen LogP) is 1.71. The molecule has 1 aromatic carbocycles. The van der Waals surface area contributed by atoms with Crippen molar-refractivity contribution in [3.8, 4) is 0 Å². The largest absolute Gasteiger partial charge is 0.340 e. The van der Waals surface area contributed by atoms with Gasteiger partial charge in [-0.3, -0.25) is 9.69 Å². The molecule has 23 heavy (non-hydrogen) atoms. The lowest BCUT2D eigenvalue weighted by atomic mass is 9.92. The van der Waals surface area contributed by atoms with Crippen LogP contribution in [0.1, 0.15) is 30.5 Å². The van der Waals surface area contributed by atoms with Crippen LogP contribution in [0.2, 0.25) is 0 Å². The number of nitrogens with one attached hydrogen (secondary N) is 1. The van der Waals surface area contributed by atoms with Crippen molar-refractivity contribution in [1.82, 2.24) is 15.1 Å². The summed E-state index contributed by atoms with van der Waals surface area (Å²) in [5, 5.41) is 3.23. The first kappa shape index (κ1) is 16.3. The van der Waals surface area contributed by atoms with Crippen LogP contribution in [0.3, 0.4) is 0 Å². The summed E-state index contributed by atoms with van der Waals surface area (Å²) in [7, 11) is 0. The summed E-state index contributed by atoms with van der Waals surface area (Å²) < 4.78 is 27.4. The number of benzene rings is 1. The van der Waals surface area contributed by atoms with Gasteiger partial charge < -0.3 is 10.2 Å². The maximum Gasteiger partial charge on any atom is 0.223 e. The molecule has 1 amide bonds. The number of halogens is 2. The van der Waals surface area contributed by atoms with E-state index in [0.29, 0.717) is 37.1 Å². The van der Waals surface area contributed by atoms with E-state index >= 15 is 0 Å². The van der Waals surface area contributed by atoms with E-state index in [1.807, 2.05) is 11.8 Å². The summed E-state index contributed by atoms with van der Waals surface area (Å²) in [6.07, 6.45) is 1.02. The molecule has 0 aromatic heterocycles. The average Bonchev–Trinajstić information content (AvgIpc) is 2.55. The molecule has 2 aliphatic heterocycles. The number of amides is 1. The van der Waals surface area contributed by atoms with E-state index in [2.05, 4.69) is 10.2 Å². The number of hydrogen-bond donors (Lipinski definition) is 1. The molecular weight excluding hydrogens is 300 g/mol. The Hall–Kier alpha value is -1.53. The lowest BCUT2D eigenvalue weighted by Crippen LogP contribution is -2.47. The molecule has 4 nitrogen and oxygen atoms in total. The van der Waals surface area contributed by atoms with E-state index in [4.69, 9.17) is 0 Å². The van der Waals surface area contributed by atoms with Crippen LogP contribution in [0.5, 0.6) is 0 Å². The highest BCUT2D eigenvalue weighted by Gasteiger charge is 2.27. The maximum atomic E-state index is 13.9. The Labute approximate surface area is 135 Å². The molecule has 1 atom stereocenters. The SMILES string of the molecule is CC1c2cc(F)cc(F)c2CCN1CCC(=O)N1CCNCC1. The van der Waals surface area contributed by atoms with Crippen molar-refractivity contribution in [2.45, 2.75) is 25.8 Å². The molecule has 1 saturated heterocycles. The zero-order valence-corrected chi connectivity index (χ0v) is 13.4. The Bertz CT molecular complexity index is 587. The van der Waals surface area contributed by atoms with Crippen molar-refractivity contribution in [3.05, 3.63) is 34.9 Å². The number of carbonyl (C=O) groups is 1. The van der Waals surface area contributed by atoms with Crippen molar-refractivity contribution in [2.75, 3.05) is 39.3 Å². The van der Waals surface area contributed by atoms with Gasteiger partial charge in [0.2, 0.25) is 5.91 Å². The highest BCUT2D eigenvalue weighted by atomic mass is 19.1. The Balaban J connectivity index is 1.62. The molecule has 3 rings (SSSR count). The fourth-order valence-electron chi connectivity index (χ4n) is 3.52. The van der Waals surface area contributed by atoms with Crippen LogP contribution in [0.15, 0.2) is 12.1 Å². The Morgan fingerprint density at radius 3 is 2.74 bits per heavy atom. The minimum atomic E-state index is -0.535. The summed E-state index contributed by atoms with van der Waals surface area (Å²) in [5.74, 6) is -0.829. The Morgan fingerprint density at radius 1 is 1.26 bits per heavy atom. The molecule has 1 fully saturated rings. The van der Waals surface area contributed by atoms with Crippen molar-refractivity contribution in [1.29, 1.82) is 0 Å². The van der Waals surface area contributed by atoms with Crippen molar-refractivity contribution < 1.29 is 13.6 Å². The first-order valence-electron chi connectivity index (χ1n) is 8.26. The van der Waals surface area contributed by atoms with Gasteiger partial charge in [-0.1, -0.05) is 0 Å².